The monoisotopic (exact) mass is 483 g/mol. The SMILES string of the molecule is CCC(C)CN(C(=O)NCC(=O)CCOCc1ccccc1)C(=O)c1cccc(CNC(=O)O)c1. The standard InChI is InChI=1S/C26H33N3O6/c1-3-19(2)17-29(24(31)22-11-7-10-21(14-22)15-28-26(33)34)25(32)27-16-23(30)12-13-35-18-20-8-5-4-6-9-20/h4-11,14,19,28H,3,12-13,15-18H2,1-2H3,(H,27,32)(H,33,34). The first-order valence-electron chi connectivity index (χ1n) is 11.6. The number of urea groups is 1. The van der Waals surface area contributed by atoms with E-state index in [9.17, 15) is 19.2 Å². The van der Waals surface area contributed by atoms with Crippen LogP contribution in [0.2, 0.25) is 0 Å². The molecular formula is C26H33N3O6. The number of ether oxygens (including phenoxy) is 1. The molecule has 4 amide bonds. The topological polar surface area (TPSA) is 125 Å². The molecule has 0 aromatic heterocycles. The number of carbonyl (C=O) groups excluding carboxylic acids is 3. The molecule has 1 atom stereocenters. The molecule has 0 aliphatic heterocycles. The molecular weight excluding hydrogens is 450 g/mol. The first-order chi connectivity index (χ1) is 16.8. The zero-order chi connectivity index (χ0) is 25.6. The summed E-state index contributed by atoms with van der Waals surface area (Å²) < 4.78 is 5.51. The molecule has 0 fully saturated rings. The van der Waals surface area contributed by atoms with E-state index in [1.165, 1.54) is 0 Å². The van der Waals surface area contributed by atoms with Crippen LogP contribution in [-0.4, -0.2) is 53.5 Å². The molecule has 2 rings (SSSR count). The van der Waals surface area contributed by atoms with E-state index in [4.69, 9.17) is 9.84 Å². The van der Waals surface area contributed by atoms with E-state index in [1.54, 1.807) is 24.3 Å². The number of imide groups is 1. The largest absolute Gasteiger partial charge is 0.465 e. The fourth-order valence-corrected chi connectivity index (χ4v) is 3.15. The number of carboxylic acid groups (broad SMARTS) is 1. The van der Waals surface area contributed by atoms with Gasteiger partial charge in [-0.15, -0.1) is 0 Å². The molecule has 35 heavy (non-hydrogen) atoms. The Hall–Kier alpha value is -3.72. The molecule has 0 bridgehead atoms. The second-order valence-electron chi connectivity index (χ2n) is 8.27. The van der Waals surface area contributed by atoms with Gasteiger partial charge in [0.25, 0.3) is 5.91 Å². The third-order valence-corrected chi connectivity index (χ3v) is 5.37. The second-order valence-corrected chi connectivity index (χ2v) is 8.27. The van der Waals surface area contributed by atoms with Crippen LogP contribution < -0.4 is 10.6 Å². The molecule has 0 heterocycles. The molecule has 0 saturated heterocycles. The second kappa shape index (κ2) is 14.5. The Morgan fingerprint density at radius 2 is 1.71 bits per heavy atom. The van der Waals surface area contributed by atoms with Gasteiger partial charge in [0, 0.05) is 25.1 Å². The number of nitrogens with one attached hydrogen (secondary N) is 2. The fraction of sp³-hybridized carbons (Fsp3) is 0.385. The van der Waals surface area contributed by atoms with Crippen molar-refractivity contribution < 1.29 is 29.0 Å². The molecule has 0 aliphatic rings. The minimum Gasteiger partial charge on any atom is -0.465 e. The summed E-state index contributed by atoms with van der Waals surface area (Å²) in [6.07, 6.45) is -0.267. The van der Waals surface area contributed by atoms with Crippen LogP contribution in [0.25, 0.3) is 0 Å². The molecule has 0 spiro atoms. The Labute approximate surface area is 205 Å². The van der Waals surface area contributed by atoms with Crippen LogP contribution in [0, 0.1) is 5.92 Å². The van der Waals surface area contributed by atoms with Crippen LogP contribution in [0.15, 0.2) is 54.6 Å². The van der Waals surface area contributed by atoms with E-state index in [-0.39, 0.29) is 49.9 Å². The lowest BCUT2D eigenvalue weighted by Crippen LogP contribution is -2.47. The van der Waals surface area contributed by atoms with Crippen molar-refractivity contribution in [3.8, 4) is 0 Å². The first-order valence-corrected chi connectivity index (χ1v) is 11.6. The number of hydrogen-bond acceptors (Lipinski definition) is 5. The van der Waals surface area contributed by atoms with E-state index in [2.05, 4.69) is 10.6 Å². The van der Waals surface area contributed by atoms with Crippen molar-refractivity contribution in [2.75, 3.05) is 19.7 Å². The minimum atomic E-state index is -1.17. The van der Waals surface area contributed by atoms with E-state index in [0.29, 0.717) is 12.2 Å². The van der Waals surface area contributed by atoms with E-state index in [1.807, 2.05) is 44.2 Å². The van der Waals surface area contributed by atoms with Gasteiger partial charge in [0.15, 0.2) is 5.78 Å². The molecule has 3 N–H and O–H groups in total. The number of nitrogens with zero attached hydrogens (tertiary/aromatic N) is 1. The first kappa shape index (κ1) is 27.5. The molecule has 9 heteroatoms. The highest BCUT2D eigenvalue weighted by Crippen LogP contribution is 2.13. The van der Waals surface area contributed by atoms with Crippen molar-refractivity contribution >= 4 is 23.8 Å². The summed E-state index contributed by atoms with van der Waals surface area (Å²) in [4.78, 5) is 50.0. The fourth-order valence-electron chi connectivity index (χ4n) is 3.15. The summed E-state index contributed by atoms with van der Waals surface area (Å²) in [5.41, 5.74) is 1.86. The normalized spacial score (nSPS) is 11.4. The molecule has 188 valence electrons. The third kappa shape index (κ3) is 9.97. The van der Waals surface area contributed by atoms with Crippen LogP contribution >= 0.6 is 0 Å². The van der Waals surface area contributed by atoms with Crippen molar-refractivity contribution in [1.29, 1.82) is 0 Å². The van der Waals surface area contributed by atoms with Gasteiger partial charge in [-0.1, -0.05) is 62.7 Å². The molecule has 9 nitrogen and oxygen atoms in total. The van der Waals surface area contributed by atoms with Crippen LogP contribution in [0.5, 0.6) is 0 Å². The van der Waals surface area contributed by atoms with Crippen LogP contribution in [-0.2, 0) is 22.7 Å². The van der Waals surface area contributed by atoms with Crippen molar-refractivity contribution in [2.24, 2.45) is 5.92 Å². The predicted octanol–water partition coefficient (Wildman–Crippen LogP) is 3.83. The number of benzene rings is 2. The van der Waals surface area contributed by atoms with E-state index < -0.39 is 18.0 Å². The highest BCUT2D eigenvalue weighted by Gasteiger charge is 2.25. The molecule has 2 aromatic carbocycles. The quantitative estimate of drug-likeness (QED) is 0.372. The predicted molar refractivity (Wildman–Crippen MR) is 131 cm³/mol. The maximum Gasteiger partial charge on any atom is 0.404 e. The lowest BCUT2D eigenvalue weighted by atomic mass is 10.1. The number of Topliss-reactive ketones (excluding diaryl/α,β-unsaturated/α-hetero) is 1. The van der Waals surface area contributed by atoms with Crippen LogP contribution in [0.1, 0.15) is 48.2 Å². The smallest absolute Gasteiger partial charge is 0.404 e. The average molecular weight is 484 g/mol. The third-order valence-electron chi connectivity index (χ3n) is 5.37. The van der Waals surface area contributed by atoms with Gasteiger partial charge in [-0.3, -0.25) is 14.5 Å². The summed E-state index contributed by atoms with van der Waals surface area (Å²) >= 11 is 0. The highest BCUT2D eigenvalue weighted by atomic mass is 16.5. The van der Waals surface area contributed by atoms with Gasteiger partial charge in [0.05, 0.1) is 19.8 Å². The van der Waals surface area contributed by atoms with Gasteiger partial charge in [-0.2, -0.15) is 0 Å². The maximum absolute atomic E-state index is 13.1. The Kier molecular flexibility index (Phi) is 11.4. The maximum atomic E-state index is 13.1. The van der Waals surface area contributed by atoms with Crippen molar-refractivity contribution in [2.45, 2.75) is 39.8 Å². The zero-order valence-electron chi connectivity index (χ0n) is 20.2. The number of ketones is 1. The van der Waals surface area contributed by atoms with Gasteiger partial charge in [0.2, 0.25) is 0 Å². The zero-order valence-corrected chi connectivity index (χ0v) is 20.2. The summed E-state index contributed by atoms with van der Waals surface area (Å²) in [5, 5.41) is 13.6. The lowest BCUT2D eigenvalue weighted by molar-refractivity contribution is -0.119. The number of rotatable bonds is 13. The van der Waals surface area contributed by atoms with Crippen LogP contribution in [0.4, 0.5) is 9.59 Å². The van der Waals surface area contributed by atoms with Gasteiger partial charge >= 0.3 is 12.1 Å². The van der Waals surface area contributed by atoms with Gasteiger partial charge in [-0.25, -0.2) is 9.59 Å². The van der Waals surface area contributed by atoms with Crippen molar-refractivity contribution in [3.05, 3.63) is 71.3 Å². The molecule has 0 radical (unpaired) electrons. The lowest BCUT2D eigenvalue weighted by Gasteiger charge is -2.24. The number of amides is 4. The Bertz CT molecular complexity index is 996. The number of hydrogen-bond donors (Lipinski definition) is 3. The molecule has 1 unspecified atom stereocenters. The van der Waals surface area contributed by atoms with Crippen molar-refractivity contribution in [3.63, 3.8) is 0 Å². The Morgan fingerprint density at radius 3 is 2.40 bits per heavy atom. The average Bonchev–Trinajstić information content (AvgIpc) is 2.87. The van der Waals surface area contributed by atoms with E-state index >= 15 is 0 Å². The Morgan fingerprint density at radius 1 is 1.00 bits per heavy atom. The van der Waals surface area contributed by atoms with Crippen LogP contribution in [0.3, 0.4) is 0 Å². The highest BCUT2D eigenvalue weighted by molar-refractivity contribution is 6.04. The molecule has 2 aromatic rings. The van der Waals surface area contributed by atoms with Gasteiger partial charge in [-0.05, 0) is 29.2 Å². The Balaban J connectivity index is 1.92. The van der Waals surface area contributed by atoms with Crippen molar-refractivity contribution in [1.82, 2.24) is 15.5 Å². The van der Waals surface area contributed by atoms with Gasteiger partial charge < -0.3 is 20.5 Å². The summed E-state index contributed by atoms with van der Waals surface area (Å²) in [7, 11) is 0. The van der Waals surface area contributed by atoms with Gasteiger partial charge in [0.1, 0.15) is 0 Å². The summed E-state index contributed by atoms with van der Waals surface area (Å²) in [6, 6.07) is 15.4. The number of carbonyl (C=O) groups is 4. The summed E-state index contributed by atoms with van der Waals surface area (Å²) in [6.45, 7) is 4.54. The molecule has 0 saturated carbocycles. The van der Waals surface area contributed by atoms with E-state index in [0.717, 1.165) is 16.9 Å². The molecule has 0 aliphatic carbocycles. The summed E-state index contributed by atoms with van der Waals surface area (Å²) in [5.74, 6) is -0.661. The minimum absolute atomic E-state index is 0.0366.